The Balaban J connectivity index is 1.33. The lowest BCUT2D eigenvalue weighted by molar-refractivity contribution is 0.669. The van der Waals surface area contributed by atoms with Gasteiger partial charge in [-0.25, -0.2) is 0 Å². The second-order valence-electron chi connectivity index (χ2n) is 12.0. The quantitative estimate of drug-likeness (QED) is 0.189. The van der Waals surface area contributed by atoms with Crippen LogP contribution >= 0.6 is 0 Å². The Morgan fingerprint density at radius 1 is 0.370 bits per heavy atom. The molecule has 2 nitrogen and oxygen atoms in total. The number of benzene rings is 8. The van der Waals surface area contributed by atoms with E-state index in [2.05, 4.69) is 156 Å². The van der Waals surface area contributed by atoms with E-state index < -0.39 is 0 Å². The van der Waals surface area contributed by atoms with E-state index in [0.29, 0.717) is 0 Å². The van der Waals surface area contributed by atoms with Crippen LogP contribution < -0.4 is 0 Å². The monoisotopic (exact) mass is 585 g/mol. The van der Waals surface area contributed by atoms with Crippen molar-refractivity contribution in [1.29, 1.82) is 0 Å². The zero-order valence-electron chi connectivity index (χ0n) is 24.9. The molecule has 0 fully saturated rings. The van der Waals surface area contributed by atoms with E-state index in [-0.39, 0.29) is 0 Å². The lowest BCUT2D eigenvalue weighted by Crippen LogP contribution is -1.93. The summed E-state index contributed by atoms with van der Waals surface area (Å²) in [5, 5.41) is 9.80. The highest BCUT2D eigenvalue weighted by molar-refractivity contribution is 6.26. The zero-order valence-corrected chi connectivity index (χ0v) is 24.9. The van der Waals surface area contributed by atoms with Gasteiger partial charge < -0.3 is 8.98 Å². The highest BCUT2D eigenvalue weighted by Crippen LogP contribution is 2.47. The molecule has 10 aromatic rings. The fourth-order valence-corrected chi connectivity index (χ4v) is 7.69. The average molecular weight is 586 g/mol. The summed E-state index contributed by atoms with van der Waals surface area (Å²) in [7, 11) is 0. The van der Waals surface area contributed by atoms with Crippen LogP contribution in [0.15, 0.2) is 168 Å². The summed E-state index contributed by atoms with van der Waals surface area (Å²) in [4.78, 5) is 0. The van der Waals surface area contributed by atoms with E-state index in [1.807, 2.05) is 12.1 Å². The summed E-state index contributed by atoms with van der Waals surface area (Å²) in [6, 6.07) is 59.1. The number of hydrogen-bond donors (Lipinski definition) is 0. The SMILES string of the molecule is c1ccc(-n2c3ccccc3c3c(-c4c5ccccc5c(-c5ccc6oc7ccccc7c6c5)c5ccccc45)cccc32)cc1. The Morgan fingerprint density at radius 2 is 0.935 bits per heavy atom. The zero-order chi connectivity index (χ0) is 30.2. The van der Waals surface area contributed by atoms with Gasteiger partial charge in [0.05, 0.1) is 11.0 Å². The number of para-hydroxylation sites is 3. The minimum atomic E-state index is 0.914. The second-order valence-corrected chi connectivity index (χ2v) is 12.0. The predicted octanol–water partition coefficient (Wildman–Crippen LogP) is 12.3. The lowest BCUT2D eigenvalue weighted by Gasteiger charge is -2.18. The van der Waals surface area contributed by atoms with E-state index in [9.17, 15) is 0 Å². The first-order chi connectivity index (χ1) is 22.8. The lowest BCUT2D eigenvalue weighted by atomic mass is 9.84. The van der Waals surface area contributed by atoms with Gasteiger partial charge in [0.25, 0.3) is 0 Å². The van der Waals surface area contributed by atoms with Crippen molar-refractivity contribution < 1.29 is 4.42 Å². The van der Waals surface area contributed by atoms with E-state index >= 15 is 0 Å². The molecule has 0 unspecified atom stereocenters. The molecule has 0 spiro atoms. The van der Waals surface area contributed by atoms with Gasteiger partial charge in [-0.05, 0) is 86.3 Å². The molecule has 0 atom stereocenters. The minimum Gasteiger partial charge on any atom is -0.456 e. The number of fused-ring (bicyclic) bond motifs is 8. The maximum atomic E-state index is 6.20. The van der Waals surface area contributed by atoms with Gasteiger partial charge in [0.15, 0.2) is 0 Å². The van der Waals surface area contributed by atoms with Crippen molar-refractivity contribution >= 4 is 65.3 Å². The first kappa shape index (κ1) is 25.2. The first-order valence-electron chi connectivity index (χ1n) is 15.8. The third-order valence-electron chi connectivity index (χ3n) is 9.58. The summed E-state index contributed by atoms with van der Waals surface area (Å²) >= 11 is 0. The number of rotatable bonds is 3. The van der Waals surface area contributed by atoms with Crippen LogP contribution in [-0.2, 0) is 0 Å². The summed E-state index contributed by atoms with van der Waals surface area (Å²) in [6.45, 7) is 0. The van der Waals surface area contributed by atoms with Crippen molar-refractivity contribution in [2.24, 2.45) is 0 Å². The van der Waals surface area contributed by atoms with Crippen LogP contribution in [0.3, 0.4) is 0 Å². The topological polar surface area (TPSA) is 18.1 Å². The molecule has 10 rings (SSSR count). The van der Waals surface area contributed by atoms with E-state index in [4.69, 9.17) is 4.42 Å². The molecule has 2 aromatic heterocycles. The van der Waals surface area contributed by atoms with Gasteiger partial charge in [-0.2, -0.15) is 0 Å². The fourth-order valence-electron chi connectivity index (χ4n) is 7.69. The van der Waals surface area contributed by atoms with Crippen molar-refractivity contribution in [1.82, 2.24) is 4.57 Å². The summed E-state index contributed by atoms with van der Waals surface area (Å²) in [6.07, 6.45) is 0. The average Bonchev–Trinajstić information content (AvgIpc) is 3.66. The standard InChI is InChI=1S/C44H27NO/c1-2-13-29(14-3-1)45-38-22-10-8-20-35(38)44-36(21-12-23-39(44)45)43-33-18-6-4-16-31(33)42(32-17-5-7-19-34(32)43)28-25-26-41-37(27-28)30-15-9-11-24-40(30)46-41/h1-27H. The van der Waals surface area contributed by atoms with Crippen molar-refractivity contribution in [2.75, 3.05) is 0 Å². The predicted molar refractivity (Wildman–Crippen MR) is 194 cm³/mol. The van der Waals surface area contributed by atoms with Gasteiger partial charge in [0.1, 0.15) is 11.2 Å². The van der Waals surface area contributed by atoms with Crippen molar-refractivity contribution in [3.05, 3.63) is 164 Å². The maximum absolute atomic E-state index is 6.20. The van der Waals surface area contributed by atoms with E-state index in [1.54, 1.807) is 0 Å². The van der Waals surface area contributed by atoms with Gasteiger partial charge in [0, 0.05) is 27.2 Å². The molecule has 214 valence electrons. The van der Waals surface area contributed by atoms with E-state index in [1.165, 1.54) is 65.6 Å². The Hall–Kier alpha value is -6.12. The fraction of sp³-hybridized carbons (Fsp3) is 0. The summed E-state index contributed by atoms with van der Waals surface area (Å²) in [5.41, 5.74) is 10.4. The molecular formula is C44H27NO. The molecule has 0 N–H and O–H groups in total. The van der Waals surface area contributed by atoms with E-state index in [0.717, 1.165) is 27.6 Å². The molecule has 0 saturated carbocycles. The molecule has 0 aliphatic carbocycles. The number of aromatic nitrogens is 1. The third-order valence-corrected chi connectivity index (χ3v) is 9.58. The first-order valence-corrected chi connectivity index (χ1v) is 15.8. The van der Waals surface area contributed by atoms with Crippen molar-refractivity contribution in [3.63, 3.8) is 0 Å². The molecule has 0 aliphatic heterocycles. The normalized spacial score (nSPS) is 11.9. The Labute approximate surface area is 265 Å². The largest absolute Gasteiger partial charge is 0.456 e. The molecule has 0 amide bonds. The van der Waals surface area contributed by atoms with Gasteiger partial charge in [0.2, 0.25) is 0 Å². The smallest absolute Gasteiger partial charge is 0.135 e. The van der Waals surface area contributed by atoms with Crippen molar-refractivity contribution in [3.8, 4) is 27.9 Å². The number of furan rings is 1. The Kier molecular flexibility index (Phi) is 5.31. The molecule has 2 heteroatoms. The molecule has 0 bridgehead atoms. The summed E-state index contributed by atoms with van der Waals surface area (Å²) < 4.78 is 8.60. The Bertz CT molecular complexity index is 2740. The van der Waals surface area contributed by atoms with Crippen LogP contribution in [-0.4, -0.2) is 4.57 Å². The third kappa shape index (κ3) is 3.53. The van der Waals surface area contributed by atoms with Crippen molar-refractivity contribution in [2.45, 2.75) is 0 Å². The van der Waals surface area contributed by atoms with Gasteiger partial charge in [-0.3, -0.25) is 0 Å². The number of nitrogens with zero attached hydrogens (tertiary/aromatic N) is 1. The van der Waals surface area contributed by atoms with Gasteiger partial charge in [-0.1, -0.05) is 121 Å². The molecular weight excluding hydrogens is 558 g/mol. The molecule has 0 aliphatic rings. The van der Waals surface area contributed by atoms with Crippen LogP contribution in [0.25, 0.3) is 93.2 Å². The molecule has 0 saturated heterocycles. The van der Waals surface area contributed by atoms with Crippen LogP contribution in [0.4, 0.5) is 0 Å². The second kappa shape index (κ2) is 9.69. The highest BCUT2D eigenvalue weighted by atomic mass is 16.3. The Morgan fingerprint density at radius 3 is 1.67 bits per heavy atom. The van der Waals surface area contributed by atoms with Crippen LogP contribution in [0.1, 0.15) is 0 Å². The maximum Gasteiger partial charge on any atom is 0.135 e. The molecule has 0 radical (unpaired) electrons. The molecule has 8 aromatic carbocycles. The minimum absolute atomic E-state index is 0.914. The summed E-state index contributed by atoms with van der Waals surface area (Å²) in [5.74, 6) is 0. The molecule has 46 heavy (non-hydrogen) atoms. The molecule has 2 heterocycles. The van der Waals surface area contributed by atoms with Gasteiger partial charge in [-0.15, -0.1) is 0 Å². The van der Waals surface area contributed by atoms with Crippen LogP contribution in [0.5, 0.6) is 0 Å². The van der Waals surface area contributed by atoms with Gasteiger partial charge >= 0.3 is 0 Å². The van der Waals surface area contributed by atoms with Crippen LogP contribution in [0, 0.1) is 0 Å². The van der Waals surface area contributed by atoms with Crippen LogP contribution in [0.2, 0.25) is 0 Å². The highest BCUT2D eigenvalue weighted by Gasteiger charge is 2.21. The number of hydrogen-bond acceptors (Lipinski definition) is 1.